The second-order valence-corrected chi connectivity index (χ2v) is 12.3. The minimum absolute atomic E-state index is 0.0848. The maximum Gasteiger partial charge on any atom is 0.245 e. The third kappa shape index (κ3) is 10.6. The molecule has 0 radical (unpaired) electrons. The molecule has 3 N–H and O–H groups in total. The summed E-state index contributed by atoms with van der Waals surface area (Å²) in [5.74, 6) is -1.48. The van der Waals surface area contributed by atoms with Crippen LogP contribution in [0.5, 0.6) is 0 Å². The number of nitrogens with zero attached hydrogens (tertiary/aromatic N) is 2. The lowest BCUT2D eigenvalue weighted by Crippen LogP contribution is -2.58. The summed E-state index contributed by atoms with van der Waals surface area (Å²) >= 11 is 0. The minimum Gasteiger partial charge on any atom is -0.378 e. The van der Waals surface area contributed by atoms with E-state index in [1.165, 1.54) is 6.92 Å². The lowest BCUT2D eigenvalue weighted by Gasteiger charge is -2.33. The number of ether oxygens (including phenoxy) is 1. The molecule has 3 rings (SSSR count). The molecule has 0 saturated carbocycles. The number of hydrogen-bond donors (Lipinski definition) is 3. The molecule has 4 atom stereocenters. The third-order valence-corrected chi connectivity index (χ3v) is 8.17. The van der Waals surface area contributed by atoms with Gasteiger partial charge in [-0.3, -0.25) is 24.0 Å². The molecule has 2 aliphatic rings. The van der Waals surface area contributed by atoms with Crippen LogP contribution in [0, 0.1) is 5.92 Å². The summed E-state index contributed by atoms with van der Waals surface area (Å²) in [6.07, 6.45) is 5.08. The predicted molar refractivity (Wildman–Crippen MR) is 167 cm³/mol. The predicted octanol–water partition coefficient (Wildman–Crippen LogP) is 2.18. The standard InChI is InChI=1S/C33H51N5O6/c1-5-6-8-14-26(32(42)37-17-19-44-20-18-37)35-31(41)29-15-11-16-38(29)33(43)28(21-23(2)3)36-30(40)27(34-24(4)39)22-25-12-9-7-10-13-25/h7,9-10,12-13,23,26-29H,5-6,8,11,14-22H2,1-4H3,(H,34,39)(H,35,41)(H,36,40)/t26-,27-,28-,29-/m0/s1. The molecule has 2 fully saturated rings. The largest absolute Gasteiger partial charge is 0.378 e. The quantitative estimate of drug-likeness (QED) is 0.260. The first-order valence-electron chi connectivity index (χ1n) is 16.2. The van der Waals surface area contributed by atoms with E-state index in [2.05, 4.69) is 22.9 Å². The van der Waals surface area contributed by atoms with E-state index in [-0.39, 0.29) is 36.0 Å². The number of unbranched alkanes of at least 4 members (excludes halogenated alkanes) is 2. The topological polar surface area (TPSA) is 137 Å². The Morgan fingerprint density at radius 3 is 2.23 bits per heavy atom. The van der Waals surface area contributed by atoms with E-state index in [9.17, 15) is 24.0 Å². The molecule has 0 aromatic heterocycles. The SMILES string of the molecule is CCCCC[C@H](NC(=O)[C@@H]1CCCN1C(=O)[C@H](CC(C)C)NC(=O)[C@H](Cc1ccccc1)NC(C)=O)C(=O)N1CCOCC1. The van der Waals surface area contributed by atoms with Crippen LogP contribution in [0.25, 0.3) is 0 Å². The molecule has 2 saturated heterocycles. The van der Waals surface area contributed by atoms with Crippen LogP contribution in [0.2, 0.25) is 0 Å². The van der Waals surface area contributed by atoms with E-state index in [1.807, 2.05) is 44.2 Å². The van der Waals surface area contributed by atoms with Gasteiger partial charge in [0.1, 0.15) is 24.2 Å². The van der Waals surface area contributed by atoms with Crippen LogP contribution >= 0.6 is 0 Å². The zero-order valence-corrected chi connectivity index (χ0v) is 26.8. The van der Waals surface area contributed by atoms with Crippen molar-refractivity contribution in [3.8, 4) is 0 Å². The van der Waals surface area contributed by atoms with Crippen LogP contribution in [0.4, 0.5) is 0 Å². The Kier molecular flexibility index (Phi) is 14.1. The first-order valence-corrected chi connectivity index (χ1v) is 16.2. The molecule has 5 amide bonds. The molecular weight excluding hydrogens is 562 g/mol. The minimum atomic E-state index is -0.863. The van der Waals surface area contributed by atoms with Crippen molar-refractivity contribution in [2.75, 3.05) is 32.8 Å². The Morgan fingerprint density at radius 2 is 1.59 bits per heavy atom. The van der Waals surface area contributed by atoms with Crippen molar-refractivity contribution in [2.24, 2.45) is 5.92 Å². The summed E-state index contributed by atoms with van der Waals surface area (Å²) in [6, 6.07) is 6.27. The molecule has 11 nitrogen and oxygen atoms in total. The molecule has 0 bridgehead atoms. The summed E-state index contributed by atoms with van der Waals surface area (Å²) in [7, 11) is 0. The van der Waals surface area contributed by atoms with Gasteiger partial charge in [-0.2, -0.15) is 0 Å². The third-order valence-electron chi connectivity index (χ3n) is 8.17. The fraction of sp³-hybridized carbons (Fsp3) is 0.667. The van der Waals surface area contributed by atoms with Crippen molar-refractivity contribution in [2.45, 2.75) is 103 Å². The highest BCUT2D eigenvalue weighted by Crippen LogP contribution is 2.22. The van der Waals surface area contributed by atoms with Crippen LogP contribution < -0.4 is 16.0 Å². The second-order valence-electron chi connectivity index (χ2n) is 12.3. The highest BCUT2D eigenvalue weighted by atomic mass is 16.5. The van der Waals surface area contributed by atoms with Crippen molar-refractivity contribution < 1.29 is 28.7 Å². The lowest BCUT2D eigenvalue weighted by molar-refractivity contribution is -0.144. The van der Waals surface area contributed by atoms with Gasteiger partial charge in [0, 0.05) is 33.0 Å². The monoisotopic (exact) mass is 613 g/mol. The maximum atomic E-state index is 14.0. The highest BCUT2D eigenvalue weighted by molar-refractivity contribution is 5.96. The van der Waals surface area contributed by atoms with Gasteiger partial charge in [-0.25, -0.2) is 0 Å². The number of carbonyl (C=O) groups excluding carboxylic acids is 5. The van der Waals surface area contributed by atoms with E-state index in [1.54, 1.807) is 9.80 Å². The van der Waals surface area contributed by atoms with Crippen LogP contribution in [-0.4, -0.2) is 96.4 Å². The molecule has 0 aliphatic carbocycles. The number of morpholine rings is 1. The Balaban J connectivity index is 1.73. The van der Waals surface area contributed by atoms with Crippen LogP contribution in [-0.2, 0) is 35.1 Å². The van der Waals surface area contributed by atoms with Gasteiger partial charge in [0.25, 0.3) is 0 Å². The fourth-order valence-corrected chi connectivity index (χ4v) is 5.90. The molecule has 244 valence electrons. The molecule has 44 heavy (non-hydrogen) atoms. The zero-order valence-electron chi connectivity index (χ0n) is 26.8. The average molecular weight is 614 g/mol. The van der Waals surface area contributed by atoms with Gasteiger partial charge in [0.05, 0.1) is 13.2 Å². The van der Waals surface area contributed by atoms with E-state index >= 15 is 0 Å². The molecule has 0 unspecified atom stereocenters. The molecule has 2 heterocycles. The van der Waals surface area contributed by atoms with Crippen molar-refractivity contribution >= 4 is 29.5 Å². The molecule has 1 aromatic rings. The van der Waals surface area contributed by atoms with E-state index in [0.717, 1.165) is 24.8 Å². The number of nitrogens with one attached hydrogen (secondary N) is 3. The highest BCUT2D eigenvalue weighted by Gasteiger charge is 2.40. The number of amides is 5. The van der Waals surface area contributed by atoms with Gasteiger partial charge in [0.2, 0.25) is 29.5 Å². The molecule has 11 heteroatoms. The van der Waals surface area contributed by atoms with E-state index < -0.39 is 30.1 Å². The van der Waals surface area contributed by atoms with Crippen LogP contribution in [0.1, 0.15) is 78.2 Å². The molecular formula is C33H51N5O6. The Bertz CT molecular complexity index is 1110. The first kappa shape index (κ1) is 35.0. The van der Waals surface area contributed by atoms with E-state index in [4.69, 9.17) is 4.74 Å². The number of likely N-dealkylation sites (tertiary alicyclic amines) is 1. The Hall–Kier alpha value is -3.47. The van der Waals surface area contributed by atoms with Crippen molar-refractivity contribution in [1.29, 1.82) is 0 Å². The summed E-state index contributed by atoms with van der Waals surface area (Å²) in [5.41, 5.74) is 0.879. The van der Waals surface area contributed by atoms with Crippen molar-refractivity contribution in [3.63, 3.8) is 0 Å². The summed E-state index contributed by atoms with van der Waals surface area (Å²) in [6.45, 7) is 9.70. The van der Waals surface area contributed by atoms with Gasteiger partial charge in [-0.05, 0) is 37.2 Å². The summed E-state index contributed by atoms with van der Waals surface area (Å²) < 4.78 is 5.40. The number of carbonyl (C=O) groups is 5. The summed E-state index contributed by atoms with van der Waals surface area (Å²) in [4.78, 5) is 69.7. The average Bonchev–Trinajstić information content (AvgIpc) is 3.50. The van der Waals surface area contributed by atoms with E-state index in [0.29, 0.717) is 58.5 Å². The van der Waals surface area contributed by atoms with Gasteiger partial charge in [-0.1, -0.05) is 70.4 Å². The number of hydrogen-bond acceptors (Lipinski definition) is 6. The normalized spacial score (nSPS) is 18.8. The maximum absolute atomic E-state index is 14.0. The zero-order chi connectivity index (χ0) is 32.1. The number of rotatable bonds is 15. The van der Waals surface area contributed by atoms with Crippen molar-refractivity contribution in [1.82, 2.24) is 25.8 Å². The summed E-state index contributed by atoms with van der Waals surface area (Å²) in [5, 5.41) is 8.60. The smallest absolute Gasteiger partial charge is 0.245 e. The Labute approximate surface area is 261 Å². The van der Waals surface area contributed by atoms with Gasteiger partial charge in [-0.15, -0.1) is 0 Å². The number of benzene rings is 1. The fourth-order valence-electron chi connectivity index (χ4n) is 5.90. The molecule has 0 spiro atoms. The first-order chi connectivity index (χ1) is 21.1. The Morgan fingerprint density at radius 1 is 0.886 bits per heavy atom. The van der Waals surface area contributed by atoms with Crippen LogP contribution in [0.3, 0.4) is 0 Å². The van der Waals surface area contributed by atoms with Gasteiger partial charge in [0.15, 0.2) is 0 Å². The molecule has 1 aromatic carbocycles. The van der Waals surface area contributed by atoms with Crippen molar-refractivity contribution in [3.05, 3.63) is 35.9 Å². The molecule has 2 aliphatic heterocycles. The van der Waals surface area contributed by atoms with Crippen LogP contribution in [0.15, 0.2) is 30.3 Å². The lowest BCUT2D eigenvalue weighted by atomic mass is 10.00. The van der Waals surface area contributed by atoms with Gasteiger partial charge < -0.3 is 30.5 Å². The second kappa shape index (κ2) is 17.7. The van der Waals surface area contributed by atoms with Gasteiger partial charge >= 0.3 is 0 Å².